The van der Waals surface area contributed by atoms with Gasteiger partial charge in [0.15, 0.2) is 6.10 Å². The molecule has 8 nitrogen and oxygen atoms in total. The molecule has 156 valence electrons. The quantitative estimate of drug-likeness (QED) is 0.603. The maximum atomic E-state index is 12.4. The van der Waals surface area contributed by atoms with Crippen LogP contribution in [0.5, 0.6) is 5.75 Å². The molecule has 0 spiro atoms. The number of hydrogen-bond acceptors (Lipinski definition) is 6. The fraction of sp³-hybridized carbons (Fsp3) is 0.300. The number of carbonyl (C=O) groups is 2. The summed E-state index contributed by atoms with van der Waals surface area (Å²) in [6, 6.07) is 12.3. The number of ether oxygens (including phenoxy) is 2. The average Bonchev–Trinajstić information content (AvgIpc) is 2.72. The molecular weight excluding hydrogens is 396 g/mol. The van der Waals surface area contributed by atoms with Crippen LogP contribution in [0.4, 0.5) is 5.69 Å². The number of nitrogens with one attached hydrogen (secondary N) is 2. The summed E-state index contributed by atoms with van der Waals surface area (Å²) in [4.78, 5) is 24.7. The minimum absolute atomic E-state index is 0.0290. The van der Waals surface area contributed by atoms with Gasteiger partial charge in [-0.2, -0.15) is 0 Å². The van der Waals surface area contributed by atoms with E-state index < -0.39 is 28.0 Å². The minimum Gasteiger partial charge on any atom is -0.495 e. The van der Waals surface area contributed by atoms with Crippen molar-refractivity contribution in [3.63, 3.8) is 0 Å². The van der Waals surface area contributed by atoms with Gasteiger partial charge in [0.2, 0.25) is 10.0 Å². The van der Waals surface area contributed by atoms with Gasteiger partial charge in [-0.1, -0.05) is 25.1 Å². The molecule has 2 rings (SSSR count). The SMILES string of the molecule is CCCNS(=O)(=O)c1cccc(C(=O)O[C@H](C)C(=O)Nc2ccccc2OC)c1. The molecule has 0 fully saturated rings. The van der Waals surface area contributed by atoms with Gasteiger partial charge in [0.05, 0.1) is 23.3 Å². The Kier molecular flexibility index (Phi) is 7.74. The smallest absolute Gasteiger partial charge is 0.338 e. The third-order valence-electron chi connectivity index (χ3n) is 3.94. The predicted molar refractivity (Wildman–Crippen MR) is 108 cm³/mol. The molecule has 29 heavy (non-hydrogen) atoms. The summed E-state index contributed by atoms with van der Waals surface area (Å²) in [6.45, 7) is 3.55. The van der Waals surface area contributed by atoms with Gasteiger partial charge in [-0.25, -0.2) is 17.9 Å². The molecule has 0 heterocycles. The van der Waals surface area contributed by atoms with Crippen molar-refractivity contribution in [1.82, 2.24) is 4.72 Å². The first-order chi connectivity index (χ1) is 13.8. The Morgan fingerprint density at radius 3 is 2.52 bits per heavy atom. The molecule has 0 aliphatic rings. The van der Waals surface area contributed by atoms with Crippen molar-refractivity contribution < 1.29 is 27.5 Å². The van der Waals surface area contributed by atoms with Crippen molar-refractivity contribution in [2.24, 2.45) is 0 Å². The number of sulfonamides is 1. The van der Waals surface area contributed by atoms with E-state index in [1.807, 2.05) is 6.92 Å². The van der Waals surface area contributed by atoms with Crippen molar-refractivity contribution >= 4 is 27.6 Å². The molecule has 1 amide bonds. The van der Waals surface area contributed by atoms with Crippen LogP contribution in [0.25, 0.3) is 0 Å². The molecule has 0 aliphatic heterocycles. The third kappa shape index (κ3) is 6.03. The fourth-order valence-electron chi connectivity index (χ4n) is 2.37. The second-order valence-electron chi connectivity index (χ2n) is 6.16. The van der Waals surface area contributed by atoms with Crippen LogP contribution in [0, 0.1) is 0 Å². The Hall–Kier alpha value is -2.91. The predicted octanol–water partition coefficient (Wildman–Crippen LogP) is 2.57. The van der Waals surface area contributed by atoms with E-state index in [9.17, 15) is 18.0 Å². The molecule has 0 radical (unpaired) electrons. The molecular formula is C20H24N2O6S. The topological polar surface area (TPSA) is 111 Å². The first-order valence-corrected chi connectivity index (χ1v) is 10.5. The molecule has 0 saturated carbocycles. The average molecular weight is 420 g/mol. The van der Waals surface area contributed by atoms with Crippen LogP contribution in [0.2, 0.25) is 0 Å². The lowest BCUT2D eigenvalue weighted by Crippen LogP contribution is -2.30. The summed E-state index contributed by atoms with van der Waals surface area (Å²) in [5, 5.41) is 2.63. The first kappa shape index (κ1) is 22.4. The lowest BCUT2D eigenvalue weighted by molar-refractivity contribution is -0.123. The number of anilines is 1. The first-order valence-electron chi connectivity index (χ1n) is 9.03. The summed E-state index contributed by atoms with van der Waals surface area (Å²) in [5.41, 5.74) is 0.472. The second kappa shape index (κ2) is 10.0. The van der Waals surface area contributed by atoms with Gasteiger partial charge in [-0.15, -0.1) is 0 Å². The number of rotatable bonds is 9. The van der Waals surface area contributed by atoms with E-state index in [1.54, 1.807) is 24.3 Å². The molecule has 0 aromatic heterocycles. The Labute approximate surface area is 170 Å². The maximum Gasteiger partial charge on any atom is 0.338 e. The molecule has 2 aromatic rings. The minimum atomic E-state index is -3.72. The van der Waals surface area contributed by atoms with E-state index in [-0.39, 0.29) is 17.0 Å². The second-order valence-corrected chi connectivity index (χ2v) is 7.93. The van der Waals surface area contributed by atoms with Crippen LogP contribution in [0.15, 0.2) is 53.4 Å². The van der Waals surface area contributed by atoms with Crippen molar-refractivity contribution in [3.05, 3.63) is 54.1 Å². The molecule has 0 unspecified atom stereocenters. The van der Waals surface area contributed by atoms with Crippen LogP contribution >= 0.6 is 0 Å². The lowest BCUT2D eigenvalue weighted by atomic mass is 10.2. The number of para-hydroxylation sites is 2. The number of methoxy groups -OCH3 is 1. The largest absolute Gasteiger partial charge is 0.495 e. The number of benzene rings is 2. The summed E-state index contributed by atoms with van der Waals surface area (Å²) in [7, 11) is -2.25. The van der Waals surface area contributed by atoms with Gasteiger partial charge < -0.3 is 14.8 Å². The van der Waals surface area contributed by atoms with E-state index in [0.29, 0.717) is 17.9 Å². The Morgan fingerprint density at radius 2 is 1.83 bits per heavy atom. The zero-order valence-electron chi connectivity index (χ0n) is 16.5. The molecule has 2 N–H and O–H groups in total. The molecule has 9 heteroatoms. The fourth-order valence-corrected chi connectivity index (χ4v) is 3.55. The van der Waals surface area contributed by atoms with Crippen LogP contribution in [-0.4, -0.2) is 40.1 Å². The highest BCUT2D eigenvalue weighted by Gasteiger charge is 2.22. The number of amides is 1. The molecule has 1 atom stereocenters. The standard InChI is InChI=1S/C20H24N2O6S/c1-4-12-21-29(25,26)16-9-7-8-15(13-16)20(24)28-14(2)19(23)22-17-10-5-6-11-18(17)27-3/h5-11,13-14,21H,4,12H2,1-3H3,(H,22,23)/t14-/m1/s1. The van der Waals surface area contributed by atoms with Crippen LogP contribution in [0.3, 0.4) is 0 Å². The van der Waals surface area contributed by atoms with Crippen LogP contribution in [0.1, 0.15) is 30.6 Å². The van der Waals surface area contributed by atoms with Crippen molar-refractivity contribution in [2.45, 2.75) is 31.3 Å². The Morgan fingerprint density at radius 1 is 1.10 bits per heavy atom. The van der Waals surface area contributed by atoms with Crippen LogP contribution < -0.4 is 14.8 Å². The number of carbonyl (C=O) groups excluding carboxylic acids is 2. The number of esters is 1. The highest BCUT2D eigenvalue weighted by molar-refractivity contribution is 7.89. The summed E-state index contributed by atoms with van der Waals surface area (Å²) in [5.74, 6) is -0.881. The summed E-state index contributed by atoms with van der Waals surface area (Å²) in [6.07, 6.45) is -0.467. The highest BCUT2D eigenvalue weighted by Crippen LogP contribution is 2.23. The Bertz CT molecular complexity index is 974. The van der Waals surface area contributed by atoms with Crippen molar-refractivity contribution in [3.8, 4) is 5.75 Å². The van der Waals surface area contributed by atoms with Crippen LogP contribution in [-0.2, 0) is 19.6 Å². The van der Waals surface area contributed by atoms with Gasteiger partial charge in [-0.3, -0.25) is 4.79 Å². The summed E-state index contributed by atoms with van der Waals surface area (Å²) < 4.78 is 37.2. The zero-order valence-corrected chi connectivity index (χ0v) is 17.3. The van der Waals surface area contributed by atoms with E-state index >= 15 is 0 Å². The molecule has 0 bridgehead atoms. The van der Waals surface area contributed by atoms with E-state index in [0.717, 1.165) is 0 Å². The Balaban J connectivity index is 2.07. The van der Waals surface area contributed by atoms with Crippen molar-refractivity contribution in [1.29, 1.82) is 0 Å². The summed E-state index contributed by atoms with van der Waals surface area (Å²) >= 11 is 0. The van der Waals surface area contributed by atoms with E-state index in [4.69, 9.17) is 9.47 Å². The lowest BCUT2D eigenvalue weighted by Gasteiger charge is -2.15. The van der Waals surface area contributed by atoms with Gasteiger partial charge in [0.1, 0.15) is 5.75 Å². The van der Waals surface area contributed by atoms with E-state index in [1.165, 1.54) is 38.3 Å². The third-order valence-corrected chi connectivity index (χ3v) is 5.40. The molecule has 0 saturated heterocycles. The van der Waals surface area contributed by atoms with Gasteiger partial charge in [0, 0.05) is 6.54 Å². The molecule has 2 aromatic carbocycles. The monoisotopic (exact) mass is 420 g/mol. The normalized spacial score (nSPS) is 12.1. The number of hydrogen-bond donors (Lipinski definition) is 2. The van der Waals surface area contributed by atoms with Crippen molar-refractivity contribution in [2.75, 3.05) is 19.0 Å². The van der Waals surface area contributed by atoms with Gasteiger partial charge >= 0.3 is 5.97 Å². The zero-order chi connectivity index (χ0) is 21.4. The molecule has 0 aliphatic carbocycles. The highest BCUT2D eigenvalue weighted by atomic mass is 32.2. The van der Waals surface area contributed by atoms with Gasteiger partial charge in [-0.05, 0) is 43.7 Å². The maximum absolute atomic E-state index is 12.4. The van der Waals surface area contributed by atoms with Gasteiger partial charge in [0.25, 0.3) is 5.91 Å². The van der Waals surface area contributed by atoms with E-state index in [2.05, 4.69) is 10.0 Å².